The van der Waals surface area contributed by atoms with Gasteiger partial charge in [0.15, 0.2) is 0 Å². The van der Waals surface area contributed by atoms with Gasteiger partial charge in [0.2, 0.25) is 5.88 Å². The van der Waals surface area contributed by atoms with Gasteiger partial charge in [-0.05, 0) is 54.8 Å². The van der Waals surface area contributed by atoms with Crippen LogP contribution in [0.4, 0.5) is 0 Å². The molecule has 1 atom stereocenters. The molecule has 196 valence electrons. The fourth-order valence-electron chi connectivity index (χ4n) is 4.27. The summed E-state index contributed by atoms with van der Waals surface area (Å²) in [5, 5.41) is 9.89. The molecule has 0 aliphatic carbocycles. The van der Waals surface area contributed by atoms with Crippen LogP contribution in [0.3, 0.4) is 0 Å². The number of carbonyl (C=O) groups is 1. The Bertz CT molecular complexity index is 1360. The molecule has 0 radical (unpaired) electrons. The van der Waals surface area contributed by atoms with Gasteiger partial charge in [-0.1, -0.05) is 51.0 Å². The maximum atomic E-state index is 12.8. The number of nitrogens with two attached hydrogens (primary N) is 1. The van der Waals surface area contributed by atoms with Gasteiger partial charge in [-0.2, -0.15) is 5.26 Å². The van der Waals surface area contributed by atoms with Crippen LogP contribution in [0.15, 0.2) is 78.2 Å². The van der Waals surface area contributed by atoms with Crippen LogP contribution in [0.25, 0.3) is 0 Å². The second-order valence-electron chi connectivity index (χ2n) is 9.02. The van der Waals surface area contributed by atoms with Gasteiger partial charge in [-0.3, -0.25) is 0 Å². The van der Waals surface area contributed by atoms with Crippen LogP contribution >= 0.6 is 0 Å². The summed E-state index contributed by atoms with van der Waals surface area (Å²) in [6.07, 6.45) is 4.08. The van der Waals surface area contributed by atoms with Crippen LogP contribution in [0, 0.1) is 11.3 Å². The summed E-state index contributed by atoms with van der Waals surface area (Å²) >= 11 is 0. The van der Waals surface area contributed by atoms with Crippen molar-refractivity contribution >= 4 is 5.97 Å². The molecule has 2 N–H and O–H groups in total. The number of unbranched alkanes of at least 4 members (excludes halogenated alkanes) is 2. The Morgan fingerprint density at radius 2 is 1.68 bits per heavy atom. The Morgan fingerprint density at radius 3 is 2.45 bits per heavy atom. The van der Waals surface area contributed by atoms with Crippen LogP contribution in [-0.2, 0) is 0 Å². The summed E-state index contributed by atoms with van der Waals surface area (Å²) in [5.74, 6) is 1.12. The molecule has 38 heavy (non-hydrogen) atoms. The fraction of sp³-hybridized carbons (Fsp3) is 0.290. The Hall–Kier alpha value is -4.44. The quantitative estimate of drug-likeness (QED) is 0.178. The Kier molecular flexibility index (Phi) is 8.89. The van der Waals surface area contributed by atoms with E-state index >= 15 is 0 Å². The summed E-state index contributed by atoms with van der Waals surface area (Å²) in [5.41, 5.74) is 8.45. The van der Waals surface area contributed by atoms with Crippen molar-refractivity contribution in [2.45, 2.75) is 45.4 Å². The molecule has 0 fully saturated rings. The third kappa shape index (κ3) is 6.27. The minimum Gasteiger partial charge on any atom is -0.494 e. The lowest BCUT2D eigenvalue weighted by atomic mass is 9.83. The van der Waals surface area contributed by atoms with Gasteiger partial charge >= 0.3 is 5.97 Å². The van der Waals surface area contributed by atoms with Crippen LogP contribution in [0.1, 0.15) is 66.9 Å². The van der Waals surface area contributed by atoms with Crippen LogP contribution in [0.2, 0.25) is 0 Å². The number of ether oxygens (including phenoxy) is 4. The normalized spacial score (nSPS) is 14.2. The number of hydrogen-bond acceptors (Lipinski definition) is 7. The predicted octanol–water partition coefficient (Wildman–Crippen LogP) is 6.48. The van der Waals surface area contributed by atoms with Crippen molar-refractivity contribution in [3.63, 3.8) is 0 Å². The number of fused-ring (bicyclic) bond motifs is 1. The Morgan fingerprint density at radius 1 is 0.921 bits per heavy atom. The number of carbonyl (C=O) groups excluding carboxylic acids is 1. The number of nitrogens with zero attached hydrogens (tertiary/aromatic N) is 1. The van der Waals surface area contributed by atoms with E-state index in [0.29, 0.717) is 41.6 Å². The smallest absolute Gasteiger partial charge is 0.343 e. The first kappa shape index (κ1) is 26.6. The van der Waals surface area contributed by atoms with E-state index < -0.39 is 11.9 Å². The summed E-state index contributed by atoms with van der Waals surface area (Å²) in [4.78, 5) is 12.8. The second-order valence-corrected chi connectivity index (χ2v) is 9.02. The lowest BCUT2D eigenvalue weighted by Gasteiger charge is -2.27. The fourth-order valence-corrected chi connectivity index (χ4v) is 4.27. The Balaban J connectivity index is 1.57. The van der Waals surface area contributed by atoms with E-state index in [1.54, 1.807) is 42.5 Å². The van der Waals surface area contributed by atoms with Crippen LogP contribution in [0.5, 0.6) is 23.0 Å². The summed E-state index contributed by atoms with van der Waals surface area (Å²) in [6, 6.07) is 21.8. The first-order valence-electron chi connectivity index (χ1n) is 12.9. The number of hydrogen-bond donors (Lipinski definition) is 1. The highest BCUT2D eigenvalue weighted by Crippen LogP contribution is 2.44. The summed E-state index contributed by atoms with van der Waals surface area (Å²) in [6.45, 7) is 5.36. The van der Waals surface area contributed by atoms with Crippen molar-refractivity contribution in [3.8, 4) is 29.1 Å². The lowest BCUT2D eigenvalue weighted by molar-refractivity contribution is 0.0734. The molecule has 3 aromatic carbocycles. The first-order valence-corrected chi connectivity index (χ1v) is 12.9. The van der Waals surface area contributed by atoms with E-state index in [4.69, 9.17) is 24.7 Å². The predicted molar refractivity (Wildman–Crippen MR) is 144 cm³/mol. The van der Waals surface area contributed by atoms with Gasteiger partial charge in [0.05, 0.1) is 24.7 Å². The second kappa shape index (κ2) is 12.7. The highest BCUT2D eigenvalue weighted by atomic mass is 16.5. The van der Waals surface area contributed by atoms with Crippen molar-refractivity contribution in [1.29, 1.82) is 5.26 Å². The van der Waals surface area contributed by atoms with Crippen molar-refractivity contribution in [2.75, 3.05) is 13.2 Å². The molecular formula is C31H32N2O5. The van der Waals surface area contributed by atoms with E-state index in [2.05, 4.69) is 13.0 Å². The van der Waals surface area contributed by atoms with Gasteiger partial charge in [0, 0.05) is 11.6 Å². The summed E-state index contributed by atoms with van der Waals surface area (Å²) in [7, 11) is 0. The topological polar surface area (TPSA) is 104 Å². The minimum atomic E-state index is -0.520. The van der Waals surface area contributed by atoms with E-state index in [9.17, 15) is 10.1 Å². The molecule has 0 amide bonds. The van der Waals surface area contributed by atoms with Crippen LogP contribution in [-0.4, -0.2) is 19.2 Å². The van der Waals surface area contributed by atoms with Crippen molar-refractivity contribution in [3.05, 3.63) is 94.9 Å². The van der Waals surface area contributed by atoms with Gasteiger partial charge in [0.1, 0.15) is 34.6 Å². The molecule has 3 aromatic rings. The zero-order valence-electron chi connectivity index (χ0n) is 21.7. The zero-order valence-corrected chi connectivity index (χ0v) is 21.7. The molecule has 0 saturated carbocycles. The molecule has 0 saturated heterocycles. The number of rotatable bonds is 11. The molecule has 0 bridgehead atoms. The molecule has 1 unspecified atom stereocenters. The Labute approximate surface area is 223 Å². The maximum Gasteiger partial charge on any atom is 0.343 e. The minimum absolute atomic E-state index is 0.0171. The molecular weight excluding hydrogens is 480 g/mol. The van der Waals surface area contributed by atoms with Crippen LogP contribution < -0.4 is 24.7 Å². The summed E-state index contributed by atoms with van der Waals surface area (Å²) < 4.78 is 23.0. The zero-order chi connectivity index (χ0) is 26.9. The number of esters is 1. The third-order valence-electron chi connectivity index (χ3n) is 6.15. The number of allylic oxidation sites excluding steroid dienone is 1. The van der Waals surface area contributed by atoms with Gasteiger partial charge < -0.3 is 24.7 Å². The molecule has 1 heterocycles. The standard InChI is InChI=1S/C31H32N2O5/c1-3-5-6-16-36-23-11-7-9-21(17-23)29-26-14-13-25(19-28(26)38-30(33)27(29)20-32)37-31(34)22-10-8-12-24(18-22)35-15-4-2/h7-14,17-19,29H,3-6,15-16,33H2,1-2H3. The molecule has 7 nitrogen and oxygen atoms in total. The van der Waals surface area contributed by atoms with Crippen molar-refractivity contribution < 1.29 is 23.7 Å². The van der Waals surface area contributed by atoms with Crippen molar-refractivity contribution in [2.24, 2.45) is 5.73 Å². The van der Waals surface area contributed by atoms with E-state index in [1.807, 2.05) is 31.2 Å². The van der Waals surface area contributed by atoms with E-state index in [-0.39, 0.29) is 5.88 Å². The van der Waals surface area contributed by atoms with Gasteiger partial charge in [-0.25, -0.2) is 4.79 Å². The van der Waals surface area contributed by atoms with E-state index in [1.165, 1.54) is 0 Å². The first-order chi connectivity index (χ1) is 18.5. The number of benzene rings is 3. The third-order valence-corrected chi connectivity index (χ3v) is 6.15. The van der Waals surface area contributed by atoms with E-state index in [0.717, 1.165) is 42.6 Å². The average molecular weight is 513 g/mol. The molecule has 0 spiro atoms. The highest BCUT2D eigenvalue weighted by Gasteiger charge is 2.31. The maximum absolute atomic E-state index is 12.8. The van der Waals surface area contributed by atoms with Gasteiger partial charge in [-0.15, -0.1) is 0 Å². The number of nitriles is 1. The SMILES string of the molecule is CCCCCOc1cccc(C2C(C#N)=C(N)Oc3cc(OC(=O)c4cccc(OCCC)c4)ccc32)c1. The molecule has 4 rings (SSSR count). The molecule has 0 aromatic heterocycles. The monoisotopic (exact) mass is 512 g/mol. The van der Waals surface area contributed by atoms with Gasteiger partial charge in [0.25, 0.3) is 0 Å². The highest BCUT2D eigenvalue weighted by molar-refractivity contribution is 5.91. The largest absolute Gasteiger partial charge is 0.494 e. The lowest BCUT2D eigenvalue weighted by Crippen LogP contribution is -2.21. The van der Waals surface area contributed by atoms with Crippen molar-refractivity contribution in [1.82, 2.24) is 0 Å². The molecule has 7 heteroatoms. The average Bonchev–Trinajstić information content (AvgIpc) is 2.93. The molecule has 1 aliphatic heterocycles. The molecule has 1 aliphatic rings.